The molecule has 9 aromatic carbocycles. The lowest BCUT2D eigenvalue weighted by Crippen LogP contribution is -2.26. The van der Waals surface area contributed by atoms with Crippen molar-refractivity contribution in [1.29, 1.82) is 0 Å². The van der Waals surface area contributed by atoms with Crippen LogP contribution in [0.3, 0.4) is 0 Å². The van der Waals surface area contributed by atoms with Crippen LogP contribution >= 0.6 is 0 Å². The average molecular weight is 881 g/mol. The van der Waals surface area contributed by atoms with Gasteiger partial charge in [-0.05, 0) is 156 Å². The SMILES string of the molecule is C=C/C=C\C=C/C.CC(C)(C)c1ccc(Nc2ccc3cc4c(cc3c2)C2(c3ccccc3-c3ccccc32)c2cc(N(c3ccccc3)c3ccc(C(C)(C)C)cc3)c3ccccc3c2-4)cc1. The molecule has 11 rings (SSSR count). The minimum Gasteiger partial charge on any atom is -0.356 e. The van der Waals surface area contributed by atoms with Gasteiger partial charge < -0.3 is 10.2 Å². The number of para-hydroxylation sites is 1. The number of nitrogens with one attached hydrogen (secondary N) is 1. The van der Waals surface area contributed by atoms with Crippen LogP contribution in [0.2, 0.25) is 0 Å². The van der Waals surface area contributed by atoms with Gasteiger partial charge in [-0.3, -0.25) is 0 Å². The van der Waals surface area contributed by atoms with E-state index in [0.29, 0.717) is 0 Å². The Labute approximate surface area is 403 Å². The summed E-state index contributed by atoms with van der Waals surface area (Å²) in [5, 5.41) is 8.67. The Morgan fingerprint density at radius 1 is 0.456 bits per heavy atom. The van der Waals surface area contributed by atoms with Crippen LogP contribution in [0.4, 0.5) is 28.4 Å². The predicted molar refractivity (Wildman–Crippen MR) is 294 cm³/mol. The molecule has 1 spiro atoms. The quantitative estimate of drug-likeness (QED) is 0.160. The second kappa shape index (κ2) is 17.5. The highest BCUT2D eigenvalue weighted by Crippen LogP contribution is 2.65. The molecule has 0 aliphatic heterocycles. The fourth-order valence-corrected chi connectivity index (χ4v) is 10.6. The summed E-state index contributed by atoms with van der Waals surface area (Å²) in [4.78, 5) is 2.47. The summed E-state index contributed by atoms with van der Waals surface area (Å²) in [7, 11) is 0. The van der Waals surface area contributed by atoms with E-state index in [0.717, 1.165) is 22.7 Å². The normalized spacial score (nSPS) is 13.3. The molecule has 334 valence electrons. The molecule has 9 aromatic rings. The predicted octanol–water partition coefficient (Wildman–Crippen LogP) is 18.4. The molecule has 0 fully saturated rings. The van der Waals surface area contributed by atoms with Gasteiger partial charge in [0.15, 0.2) is 0 Å². The van der Waals surface area contributed by atoms with Gasteiger partial charge in [-0.1, -0.05) is 200 Å². The Hall–Kier alpha value is -7.68. The van der Waals surface area contributed by atoms with Crippen molar-refractivity contribution in [1.82, 2.24) is 0 Å². The lowest BCUT2D eigenvalue weighted by Gasteiger charge is -2.33. The molecule has 2 nitrogen and oxygen atoms in total. The van der Waals surface area contributed by atoms with E-state index >= 15 is 0 Å². The van der Waals surface area contributed by atoms with Crippen LogP contribution in [0.25, 0.3) is 43.8 Å². The zero-order valence-corrected chi connectivity index (χ0v) is 40.4. The topological polar surface area (TPSA) is 15.3 Å². The summed E-state index contributed by atoms with van der Waals surface area (Å²) in [5.74, 6) is 0. The summed E-state index contributed by atoms with van der Waals surface area (Å²) in [6, 6.07) is 70.7. The maximum absolute atomic E-state index is 3.73. The lowest BCUT2D eigenvalue weighted by atomic mass is 9.70. The fraction of sp³-hybridized carbons (Fsp3) is 0.152. The van der Waals surface area contributed by atoms with Gasteiger partial charge in [0.1, 0.15) is 0 Å². The average Bonchev–Trinajstić information content (AvgIpc) is 3.80. The van der Waals surface area contributed by atoms with Gasteiger partial charge in [0.05, 0.1) is 11.1 Å². The summed E-state index contributed by atoms with van der Waals surface area (Å²) < 4.78 is 0. The third-order valence-corrected chi connectivity index (χ3v) is 13.9. The number of nitrogens with zero attached hydrogens (tertiary/aromatic N) is 1. The second-order valence-electron chi connectivity index (χ2n) is 20.2. The van der Waals surface area contributed by atoms with E-state index in [-0.39, 0.29) is 10.8 Å². The molecular weight excluding hydrogens is 821 g/mol. The molecule has 68 heavy (non-hydrogen) atoms. The number of fused-ring (bicyclic) bond motifs is 13. The molecule has 0 aromatic heterocycles. The van der Waals surface area contributed by atoms with E-state index < -0.39 is 5.41 Å². The monoisotopic (exact) mass is 880 g/mol. The molecule has 0 radical (unpaired) electrons. The summed E-state index contributed by atoms with van der Waals surface area (Å²) in [6.45, 7) is 19.1. The maximum atomic E-state index is 3.73. The zero-order chi connectivity index (χ0) is 47.2. The van der Waals surface area contributed by atoms with E-state index in [1.54, 1.807) is 6.08 Å². The van der Waals surface area contributed by atoms with Crippen LogP contribution in [0.5, 0.6) is 0 Å². The van der Waals surface area contributed by atoms with Crippen molar-refractivity contribution in [3.63, 3.8) is 0 Å². The Balaban J connectivity index is 0.000000717. The largest absolute Gasteiger partial charge is 0.356 e. The van der Waals surface area contributed by atoms with Crippen LogP contribution < -0.4 is 10.2 Å². The van der Waals surface area contributed by atoms with Gasteiger partial charge in [-0.2, -0.15) is 0 Å². The van der Waals surface area contributed by atoms with Gasteiger partial charge in [-0.25, -0.2) is 0 Å². The molecule has 0 amide bonds. The molecule has 0 saturated heterocycles. The van der Waals surface area contributed by atoms with Gasteiger partial charge in [0.2, 0.25) is 0 Å². The number of rotatable bonds is 7. The van der Waals surface area contributed by atoms with Gasteiger partial charge in [0.25, 0.3) is 0 Å². The highest BCUT2D eigenvalue weighted by molar-refractivity contribution is 6.13. The second-order valence-corrected chi connectivity index (χ2v) is 20.2. The van der Waals surface area contributed by atoms with Crippen LogP contribution in [0, 0.1) is 0 Å². The molecule has 2 aliphatic carbocycles. The van der Waals surface area contributed by atoms with Crippen LogP contribution in [0.1, 0.15) is 81.8 Å². The van der Waals surface area contributed by atoms with Crippen LogP contribution in [-0.4, -0.2) is 0 Å². The maximum Gasteiger partial charge on any atom is 0.0726 e. The molecule has 0 heterocycles. The molecule has 0 unspecified atom stereocenters. The first-order chi connectivity index (χ1) is 32.9. The Kier molecular flexibility index (Phi) is 11.4. The third-order valence-electron chi connectivity index (χ3n) is 13.9. The van der Waals surface area contributed by atoms with E-state index in [2.05, 4.69) is 246 Å². The first-order valence-corrected chi connectivity index (χ1v) is 24.0. The van der Waals surface area contributed by atoms with Crippen molar-refractivity contribution in [2.45, 2.75) is 64.7 Å². The summed E-state index contributed by atoms with van der Waals surface area (Å²) in [5.41, 5.74) is 18.5. The van der Waals surface area contributed by atoms with Crippen molar-refractivity contribution in [2.24, 2.45) is 0 Å². The van der Waals surface area contributed by atoms with Crippen LogP contribution in [0.15, 0.2) is 225 Å². The van der Waals surface area contributed by atoms with Crippen molar-refractivity contribution >= 4 is 50.0 Å². The Morgan fingerprint density at radius 3 is 1.63 bits per heavy atom. The van der Waals surface area contributed by atoms with Crippen LogP contribution in [-0.2, 0) is 16.2 Å². The molecule has 2 aliphatic rings. The highest BCUT2D eigenvalue weighted by Gasteiger charge is 2.52. The van der Waals surface area contributed by atoms with E-state index in [4.69, 9.17) is 0 Å². The zero-order valence-electron chi connectivity index (χ0n) is 40.4. The van der Waals surface area contributed by atoms with Crippen molar-refractivity contribution in [2.75, 3.05) is 10.2 Å². The molecule has 2 heteroatoms. The first kappa shape index (κ1) is 44.2. The molecule has 0 atom stereocenters. The Morgan fingerprint density at radius 2 is 1.01 bits per heavy atom. The number of allylic oxidation sites excluding steroid dienone is 5. The third kappa shape index (κ3) is 7.64. The lowest BCUT2D eigenvalue weighted by molar-refractivity contribution is 0.590. The number of hydrogen-bond donors (Lipinski definition) is 1. The standard InChI is InChI=1S/C59H50N2.C7H10/c1-57(2,3)40-25-30-42(31-26-40)60-43-29-24-38-35-50-53(36-39(38)34-43)59(51-22-14-12-18-46(51)47-19-13-15-23-52(47)59)54-37-55(48-20-10-11-21-49(48)56(50)54)61(44-16-8-7-9-17-44)45-32-27-41(28-33-45)58(4,5)6;1-3-5-7-6-4-2/h7-37,60H,1-6H3;3-7H,1H2,2H3/b;6-4-,7-5-. The fourth-order valence-electron chi connectivity index (χ4n) is 10.6. The number of benzene rings is 9. The van der Waals surface area contributed by atoms with E-state index in [1.807, 2.05) is 31.2 Å². The number of anilines is 5. The minimum absolute atomic E-state index is 0.0514. The van der Waals surface area contributed by atoms with Gasteiger partial charge >= 0.3 is 0 Å². The summed E-state index contributed by atoms with van der Waals surface area (Å²) in [6.07, 6.45) is 9.51. The first-order valence-electron chi connectivity index (χ1n) is 24.0. The minimum atomic E-state index is -0.532. The highest BCUT2D eigenvalue weighted by atomic mass is 15.1. The van der Waals surface area contributed by atoms with Crippen molar-refractivity contribution in [3.05, 3.63) is 258 Å². The molecule has 0 saturated carbocycles. The molecule has 1 N–H and O–H groups in total. The van der Waals surface area contributed by atoms with E-state index in [9.17, 15) is 0 Å². The summed E-state index contributed by atoms with van der Waals surface area (Å²) >= 11 is 0. The van der Waals surface area contributed by atoms with Gasteiger partial charge in [0, 0.05) is 28.1 Å². The Bertz CT molecular complexity index is 3350. The smallest absolute Gasteiger partial charge is 0.0726 e. The van der Waals surface area contributed by atoms with Crippen molar-refractivity contribution in [3.8, 4) is 22.3 Å². The molecular formula is C66H60N2. The van der Waals surface area contributed by atoms with Gasteiger partial charge in [-0.15, -0.1) is 0 Å². The van der Waals surface area contributed by atoms with Crippen molar-refractivity contribution < 1.29 is 0 Å². The van der Waals surface area contributed by atoms with E-state index in [1.165, 1.54) is 82.9 Å². The molecule has 0 bridgehead atoms. The number of hydrogen-bond acceptors (Lipinski definition) is 2.